The molecule has 5 rings (SSSR count). The molecule has 2 heterocycles. The summed E-state index contributed by atoms with van der Waals surface area (Å²) in [6.07, 6.45) is 5.71. The van der Waals surface area contributed by atoms with E-state index in [0.717, 1.165) is 21.9 Å². The summed E-state index contributed by atoms with van der Waals surface area (Å²) >= 11 is 15.0. The van der Waals surface area contributed by atoms with Crippen molar-refractivity contribution in [2.75, 3.05) is 5.32 Å². The van der Waals surface area contributed by atoms with E-state index in [1.165, 1.54) is 26.4 Å². The van der Waals surface area contributed by atoms with Gasteiger partial charge in [-0.3, -0.25) is 0 Å². The van der Waals surface area contributed by atoms with Gasteiger partial charge in [-0.15, -0.1) is 11.3 Å². The molecule has 0 fully saturated rings. The largest absolute Gasteiger partial charge is 0.377 e. The number of rotatable bonds is 1. The third kappa shape index (κ3) is 2.35. The maximum Gasteiger partial charge on any atom is 0.0662 e. The number of allylic oxidation sites excluding steroid dienone is 2. The molecular weight excluding hydrogens is 369 g/mol. The molecule has 0 saturated carbocycles. The molecule has 3 aromatic rings. The highest BCUT2D eigenvalue weighted by atomic mass is 35.5. The van der Waals surface area contributed by atoms with Gasteiger partial charge in [-0.2, -0.15) is 0 Å². The maximum atomic E-state index is 6.80. The number of aryl methyl sites for hydroxylation is 1. The first-order valence-electron chi connectivity index (χ1n) is 8.53. The second kappa shape index (κ2) is 5.77. The van der Waals surface area contributed by atoms with Crippen LogP contribution in [0.5, 0.6) is 0 Å². The van der Waals surface area contributed by atoms with Crippen LogP contribution >= 0.6 is 34.5 Å². The zero-order valence-corrected chi connectivity index (χ0v) is 16.1. The third-order valence-corrected chi connectivity index (χ3v) is 7.46. The van der Waals surface area contributed by atoms with Crippen LogP contribution in [0.1, 0.15) is 34.4 Å². The highest BCUT2D eigenvalue weighted by Gasteiger charge is 2.40. The van der Waals surface area contributed by atoms with E-state index in [-0.39, 0.29) is 6.04 Å². The van der Waals surface area contributed by atoms with E-state index in [1.807, 2.05) is 17.4 Å². The smallest absolute Gasteiger partial charge is 0.0662 e. The molecule has 0 bridgehead atoms. The molecule has 0 amide bonds. The summed E-state index contributed by atoms with van der Waals surface area (Å²) in [5, 5.41) is 6.69. The van der Waals surface area contributed by atoms with Crippen molar-refractivity contribution in [3.8, 4) is 0 Å². The van der Waals surface area contributed by atoms with Crippen LogP contribution < -0.4 is 5.32 Å². The van der Waals surface area contributed by atoms with Gasteiger partial charge in [0.2, 0.25) is 0 Å². The number of benzene rings is 2. The number of thiophene rings is 1. The van der Waals surface area contributed by atoms with Gasteiger partial charge in [0.15, 0.2) is 0 Å². The Labute approximate surface area is 161 Å². The van der Waals surface area contributed by atoms with Crippen molar-refractivity contribution >= 4 is 50.3 Å². The van der Waals surface area contributed by atoms with Crippen LogP contribution in [0.25, 0.3) is 10.1 Å². The maximum absolute atomic E-state index is 6.80. The van der Waals surface area contributed by atoms with Gasteiger partial charge >= 0.3 is 0 Å². The fraction of sp³-hybridized carbons (Fsp3) is 0.238. The molecule has 0 radical (unpaired) electrons. The van der Waals surface area contributed by atoms with Gasteiger partial charge in [-0.25, -0.2) is 0 Å². The standard InChI is InChI=1S/C21H17Cl2NS/c1-11-9-12(22)10-16-13-6-4-7-14(13)20(24-19(11)16)21-18(23)15-5-2-3-8-17(15)25-21/h2-6,8-10,13-14,20,24H,7H2,1H3/t13-,14+,20-/m0/s1. The van der Waals surface area contributed by atoms with Gasteiger partial charge in [0.25, 0.3) is 0 Å². The van der Waals surface area contributed by atoms with Gasteiger partial charge in [0, 0.05) is 31.6 Å². The highest BCUT2D eigenvalue weighted by Crippen LogP contribution is 2.54. The number of fused-ring (bicyclic) bond motifs is 4. The van der Waals surface area contributed by atoms with Crippen molar-refractivity contribution in [3.05, 3.63) is 74.6 Å². The Hall–Kier alpha value is -1.48. The number of halogens is 2. The molecular formula is C21H17Cl2NS. The average molecular weight is 386 g/mol. The van der Waals surface area contributed by atoms with Crippen molar-refractivity contribution in [2.24, 2.45) is 5.92 Å². The van der Waals surface area contributed by atoms with Crippen LogP contribution in [0.3, 0.4) is 0 Å². The minimum atomic E-state index is 0.234. The molecule has 1 N–H and O–H groups in total. The normalized spacial score (nSPS) is 24.2. The van der Waals surface area contributed by atoms with Crippen LogP contribution in [-0.4, -0.2) is 0 Å². The second-order valence-electron chi connectivity index (χ2n) is 6.94. The fourth-order valence-electron chi connectivity index (χ4n) is 4.33. The van der Waals surface area contributed by atoms with E-state index in [2.05, 4.69) is 54.7 Å². The number of hydrogen-bond donors (Lipinski definition) is 1. The second-order valence-corrected chi connectivity index (χ2v) is 8.84. The Morgan fingerprint density at radius 3 is 2.84 bits per heavy atom. The average Bonchev–Trinajstić information content (AvgIpc) is 3.20. The summed E-state index contributed by atoms with van der Waals surface area (Å²) in [5.74, 6) is 0.885. The van der Waals surface area contributed by atoms with Crippen LogP contribution in [0.2, 0.25) is 10.0 Å². The number of anilines is 1. The summed E-state index contributed by atoms with van der Waals surface area (Å²) in [5.41, 5.74) is 3.73. The van der Waals surface area contributed by atoms with Gasteiger partial charge < -0.3 is 5.32 Å². The lowest BCUT2D eigenvalue weighted by molar-refractivity contribution is 0.430. The van der Waals surface area contributed by atoms with Gasteiger partial charge in [-0.1, -0.05) is 53.6 Å². The molecule has 1 nitrogen and oxygen atoms in total. The van der Waals surface area contributed by atoms with Crippen LogP contribution in [-0.2, 0) is 0 Å². The quantitative estimate of drug-likeness (QED) is 0.431. The summed E-state index contributed by atoms with van der Waals surface area (Å²) < 4.78 is 1.26. The van der Waals surface area contributed by atoms with Gasteiger partial charge in [0.1, 0.15) is 0 Å². The Balaban J connectivity index is 1.68. The van der Waals surface area contributed by atoms with E-state index < -0.39 is 0 Å². The molecule has 0 spiro atoms. The molecule has 3 atom stereocenters. The van der Waals surface area contributed by atoms with Crippen LogP contribution in [0, 0.1) is 12.8 Å². The van der Waals surface area contributed by atoms with Gasteiger partial charge in [0.05, 0.1) is 11.1 Å². The third-order valence-electron chi connectivity index (χ3n) is 5.47. The molecule has 25 heavy (non-hydrogen) atoms. The lowest BCUT2D eigenvalue weighted by atomic mass is 9.78. The monoisotopic (exact) mass is 385 g/mol. The number of hydrogen-bond acceptors (Lipinski definition) is 2. The summed E-state index contributed by atoms with van der Waals surface area (Å²) in [4.78, 5) is 1.25. The fourth-order valence-corrected chi connectivity index (χ4v) is 6.29. The molecule has 126 valence electrons. The molecule has 1 aliphatic carbocycles. The lowest BCUT2D eigenvalue weighted by Gasteiger charge is -2.38. The van der Waals surface area contributed by atoms with Crippen molar-refractivity contribution in [1.29, 1.82) is 0 Å². The number of nitrogens with one attached hydrogen (secondary N) is 1. The zero-order valence-electron chi connectivity index (χ0n) is 13.7. The minimum Gasteiger partial charge on any atom is -0.377 e. The topological polar surface area (TPSA) is 12.0 Å². The zero-order chi connectivity index (χ0) is 17.1. The van der Waals surface area contributed by atoms with Crippen molar-refractivity contribution in [1.82, 2.24) is 0 Å². The van der Waals surface area contributed by atoms with E-state index in [1.54, 1.807) is 0 Å². The molecule has 1 aliphatic heterocycles. The Morgan fingerprint density at radius 1 is 1.16 bits per heavy atom. The summed E-state index contributed by atoms with van der Waals surface area (Å²) in [6, 6.07) is 12.8. The van der Waals surface area contributed by atoms with Crippen molar-refractivity contribution in [3.63, 3.8) is 0 Å². The van der Waals surface area contributed by atoms with Crippen molar-refractivity contribution in [2.45, 2.75) is 25.3 Å². The van der Waals surface area contributed by atoms with Crippen LogP contribution in [0.4, 0.5) is 5.69 Å². The first-order chi connectivity index (χ1) is 12.1. The van der Waals surface area contributed by atoms with Gasteiger partial charge in [-0.05, 0) is 48.6 Å². The first-order valence-corrected chi connectivity index (χ1v) is 10.1. The predicted octanol–water partition coefficient (Wildman–Crippen LogP) is 7.34. The molecule has 4 heteroatoms. The molecule has 2 aromatic carbocycles. The molecule has 0 saturated heterocycles. The Bertz CT molecular complexity index is 1020. The predicted molar refractivity (Wildman–Crippen MR) is 109 cm³/mol. The minimum absolute atomic E-state index is 0.234. The molecule has 0 unspecified atom stereocenters. The lowest BCUT2D eigenvalue weighted by Crippen LogP contribution is -2.29. The first kappa shape index (κ1) is 15.7. The molecule has 2 aliphatic rings. The summed E-state index contributed by atoms with van der Waals surface area (Å²) in [6.45, 7) is 2.13. The Kier molecular flexibility index (Phi) is 3.63. The van der Waals surface area contributed by atoms with E-state index in [0.29, 0.717) is 11.8 Å². The van der Waals surface area contributed by atoms with Crippen molar-refractivity contribution < 1.29 is 0 Å². The highest BCUT2D eigenvalue weighted by molar-refractivity contribution is 7.19. The van der Waals surface area contributed by atoms with E-state index in [4.69, 9.17) is 23.2 Å². The van der Waals surface area contributed by atoms with E-state index in [9.17, 15) is 0 Å². The molecule has 1 aromatic heterocycles. The van der Waals surface area contributed by atoms with Crippen LogP contribution in [0.15, 0.2) is 48.6 Å². The summed E-state index contributed by atoms with van der Waals surface area (Å²) in [7, 11) is 0. The Morgan fingerprint density at radius 2 is 2.00 bits per heavy atom. The SMILES string of the molecule is Cc1cc(Cl)cc2c1N[C@H](c1sc3ccccc3c1Cl)[C@@H]1CC=C[C@H]21. The van der Waals surface area contributed by atoms with E-state index >= 15 is 0 Å².